The monoisotopic (exact) mass is 140 g/mol. The van der Waals surface area contributed by atoms with Crippen molar-refractivity contribution in [2.24, 2.45) is 0 Å². The lowest BCUT2D eigenvalue weighted by Gasteiger charge is -1.99. The highest BCUT2D eigenvalue weighted by atomic mass is 16.5. The first-order valence-electron chi connectivity index (χ1n) is 3.57. The van der Waals surface area contributed by atoms with Gasteiger partial charge < -0.3 is 5.21 Å². The summed E-state index contributed by atoms with van der Waals surface area (Å²) in [6, 6.07) is 1.86. The van der Waals surface area contributed by atoms with Crippen molar-refractivity contribution in [2.75, 3.05) is 0 Å². The number of hydrogen-bond donors (Lipinski definition) is 0. The summed E-state index contributed by atoms with van der Waals surface area (Å²) < 4.78 is 1.64. The van der Waals surface area contributed by atoms with Crippen molar-refractivity contribution in [2.45, 2.75) is 26.8 Å². The van der Waals surface area contributed by atoms with Gasteiger partial charge in [-0.25, -0.2) is 0 Å². The molecule has 0 atom stereocenters. The second kappa shape index (κ2) is 2.73. The van der Waals surface area contributed by atoms with Gasteiger partial charge in [0.2, 0.25) is 5.69 Å². The summed E-state index contributed by atoms with van der Waals surface area (Å²) in [5, 5.41) is 11.1. The van der Waals surface area contributed by atoms with Crippen LogP contribution in [0.2, 0.25) is 0 Å². The maximum Gasteiger partial charge on any atom is 0.220 e. The third kappa shape index (κ3) is 0.988. The molecule has 1 aromatic heterocycles. The summed E-state index contributed by atoms with van der Waals surface area (Å²) in [6.07, 6.45) is 2.61. The van der Waals surface area contributed by atoms with Crippen LogP contribution in [0, 0.1) is 5.21 Å². The van der Waals surface area contributed by atoms with E-state index >= 15 is 0 Å². The van der Waals surface area contributed by atoms with Crippen molar-refractivity contribution in [3.63, 3.8) is 0 Å². The zero-order valence-corrected chi connectivity index (χ0v) is 6.37. The quantitative estimate of drug-likeness (QED) is 0.439. The molecule has 0 aliphatic carbocycles. The van der Waals surface area contributed by atoms with Gasteiger partial charge in [0.25, 0.3) is 0 Å². The lowest BCUT2D eigenvalue weighted by molar-refractivity contribution is -0.700. The lowest BCUT2D eigenvalue weighted by Crippen LogP contribution is -2.39. The van der Waals surface area contributed by atoms with E-state index in [9.17, 15) is 5.21 Å². The van der Waals surface area contributed by atoms with E-state index in [0.29, 0.717) is 0 Å². The molecule has 0 aliphatic heterocycles. The normalized spacial score (nSPS) is 10.2. The van der Waals surface area contributed by atoms with E-state index < -0.39 is 0 Å². The molecule has 56 valence electrons. The van der Waals surface area contributed by atoms with E-state index in [0.717, 1.165) is 23.5 Å². The maximum absolute atomic E-state index is 11.1. The Hall–Kier alpha value is -0.990. The van der Waals surface area contributed by atoms with E-state index in [1.807, 2.05) is 26.1 Å². The zero-order chi connectivity index (χ0) is 7.56. The van der Waals surface area contributed by atoms with E-state index in [4.69, 9.17) is 0 Å². The van der Waals surface area contributed by atoms with Crippen LogP contribution in [0.25, 0.3) is 0 Å². The second-order valence-corrected chi connectivity index (χ2v) is 2.19. The predicted molar refractivity (Wildman–Crippen MR) is 38.4 cm³/mol. The summed E-state index contributed by atoms with van der Waals surface area (Å²) in [5.74, 6) is 0. The minimum atomic E-state index is 0.740. The third-order valence-corrected chi connectivity index (χ3v) is 1.60. The summed E-state index contributed by atoms with van der Waals surface area (Å²) in [5.41, 5.74) is 0.835. The first kappa shape index (κ1) is 7.12. The number of aromatic nitrogens is 2. The van der Waals surface area contributed by atoms with E-state index in [1.165, 1.54) is 0 Å². The molecule has 1 aromatic rings. The Morgan fingerprint density at radius 1 is 1.60 bits per heavy atom. The van der Waals surface area contributed by atoms with Gasteiger partial charge in [-0.05, 0) is 6.92 Å². The smallest absolute Gasteiger partial charge is 0.220 e. The van der Waals surface area contributed by atoms with Crippen LogP contribution in [0.15, 0.2) is 12.3 Å². The number of nitrogens with zero attached hydrogens (tertiary/aromatic N) is 2. The van der Waals surface area contributed by atoms with Gasteiger partial charge in [0.1, 0.15) is 0 Å². The third-order valence-electron chi connectivity index (χ3n) is 1.60. The molecule has 10 heavy (non-hydrogen) atoms. The van der Waals surface area contributed by atoms with Gasteiger partial charge in [0.15, 0.2) is 0 Å². The minimum absolute atomic E-state index is 0.740. The predicted octanol–water partition coefficient (Wildman–Crippen LogP) is 0.704. The topological polar surface area (TPSA) is 31.9 Å². The Morgan fingerprint density at radius 3 is 2.60 bits per heavy atom. The van der Waals surface area contributed by atoms with Crippen molar-refractivity contribution in [1.82, 2.24) is 4.68 Å². The van der Waals surface area contributed by atoms with Crippen LogP contribution in [0.3, 0.4) is 0 Å². The fourth-order valence-corrected chi connectivity index (χ4v) is 0.948. The molecule has 0 aromatic carbocycles. The first-order valence-corrected chi connectivity index (χ1v) is 3.57. The van der Waals surface area contributed by atoms with Gasteiger partial charge in [-0.3, -0.25) is 0 Å². The molecule has 1 heterocycles. The molecule has 0 N–H and O–H groups in total. The molecule has 0 radical (unpaired) electrons. The molecule has 3 heteroatoms. The molecule has 0 spiro atoms. The Labute approximate surface area is 60.5 Å². The van der Waals surface area contributed by atoms with Gasteiger partial charge in [-0.1, -0.05) is 11.8 Å². The lowest BCUT2D eigenvalue weighted by atomic mass is 10.3. The van der Waals surface area contributed by atoms with Crippen LogP contribution < -0.4 is 4.85 Å². The first-order chi connectivity index (χ1) is 4.79. The summed E-state index contributed by atoms with van der Waals surface area (Å²) in [6.45, 7) is 4.67. The molecule has 0 saturated carbocycles. The fraction of sp³-hybridized carbons (Fsp3) is 0.571. The molecule has 0 unspecified atom stereocenters. The molecule has 1 rings (SSSR count). The van der Waals surface area contributed by atoms with Crippen LogP contribution >= 0.6 is 0 Å². The van der Waals surface area contributed by atoms with Crippen molar-refractivity contribution < 1.29 is 4.85 Å². The second-order valence-electron chi connectivity index (χ2n) is 2.19. The Morgan fingerprint density at radius 2 is 2.30 bits per heavy atom. The van der Waals surface area contributed by atoms with Crippen LogP contribution in [0.4, 0.5) is 0 Å². The standard InChI is InChI=1S/C7H12N2O/c1-3-7-5-6-8(4-2)9(7)10/h5-6H,3-4H2,1-2H3. The Bertz CT molecular complexity index is 196. The molecule has 3 nitrogen and oxygen atoms in total. The average Bonchev–Trinajstić information content (AvgIpc) is 2.30. The molecule has 0 amide bonds. The van der Waals surface area contributed by atoms with Crippen molar-refractivity contribution in [3.05, 3.63) is 23.2 Å². The molecule has 0 fully saturated rings. The fourth-order valence-electron chi connectivity index (χ4n) is 0.948. The molecule has 0 saturated heterocycles. The molecule has 0 aliphatic rings. The van der Waals surface area contributed by atoms with Gasteiger partial charge in [-0.15, -0.1) is 4.68 Å². The SMILES string of the molecule is CCc1ccn(CC)[n+]1[O-]. The Balaban J connectivity index is 2.97. The van der Waals surface area contributed by atoms with Crippen molar-refractivity contribution in [3.8, 4) is 0 Å². The minimum Gasteiger partial charge on any atom is -0.596 e. The van der Waals surface area contributed by atoms with E-state index in [1.54, 1.807) is 4.68 Å². The van der Waals surface area contributed by atoms with Crippen LogP contribution in [0.5, 0.6) is 0 Å². The molecular formula is C7H12N2O. The maximum atomic E-state index is 11.1. The summed E-state index contributed by atoms with van der Waals surface area (Å²) >= 11 is 0. The highest BCUT2D eigenvalue weighted by molar-refractivity contribution is 4.91. The number of aryl methyl sites for hydroxylation is 2. The highest BCUT2D eigenvalue weighted by Gasteiger charge is 2.05. The highest BCUT2D eigenvalue weighted by Crippen LogP contribution is 1.92. The van der Waals surface area contributed by atoms with Crippen LogP contribution in [-0.4, -0.2) is 4.68 Å². The average molecular weight is 140 g/mol. The van der Waals surface area contributed by atoms with Gasteiger partial charge in [-0.2, -0.15) is 0 Å². The summed E-state index contributed by atoms with van der Waals surface area (Å²) in [4.78, 5) is 0.944. The van der Waals surface area contributed by atoms with Gasteiger partial charge in [0.05, 0.1) is 12.7 Å². The van der Waals surface area contributed by atoms with Crippen LogP contribution in [-0.2, 0) is 13.0 Å². The van der Waals surface area contributed by atoms with E-state index in [2.05, 4.69) is 0 Å². The number of hydrogen-bond acceptors (Lipinski definition) is 1. The van der Waals surface area contributed by atoms with Crippen molar-refractivity contribution >= 4 is 0 Å². The van der Waals surface area contributed by atoms with Crippen molar-refractivity contribution in [1.29, 1.82) is 0 Å². The van der Waals surface area contributed by atoms with Gasteiger partial charge >= 0.3 is 0 Å². The van der Waals surface area contributed by atoms with Gasteiger partial charge in [0, 0.05) is 12.5 Å². The number of rotatable bonds is 2. The molecule has 0 bridgehead atoms. The van der Waals surface area contributed by atoms with Crippen LogP contribution in [0.1, 0.15) is 19.5 Å². The van der Waals surface area contributed by atoms with E-state index in [-0.39, 0.29) is 0 Å². The molecular weight excluding hydrogens is 128 g/mol. The zero-order valence-electron chi connectivity index (χ0n) is 6.37. The summed E-state index contributed by atoms with van der Waals surface area (Å²) in [7, 11) is 0. The largest absolute Gasteiger partial charge is 0.596 e. The Kier molecular flexibility index (Phi) is 1.94.